The molecule has 6 heteroatoms. The Morgan fingerprint density at radius 1 is 1.03 bits per heavy atom. The van der Waals surface area contributed by atoms with E-state index in [0.717, 1.165) is 57.2 Å². The second-order valence-corrected chi connectivity index (χ2v) is 7.25. The van der Waals surface area contributed by atoms with Gasteiger partial charge in [0.25, 0.3) is 5.91 Å². The molecular formula is C23H36N2O4. The number of amides is 2. The van der Waals surface area contributed by atoms with E-state index in [1.807, 2.05) is 36.9 Å². The summed E-state index contributed by atoms with van der Waals surface area (Å²) < 4.78 is 4.63. The van der Waals surface area contributed by atoms with Crippen LogP contribution in [-0.4, -0.2) is 48.9 Å². The van der Waals surface area contributed by atoms with Gasteiger partial charge in [0.2, 0.25) is 5.91 Å². The van der Waals surface area contributed by atoms with Crippen molar-refractivity contribution in [1.82, 2.24) is 10.2 Å². The standard InChI is InChI=1S/C23H36N2O4/c1-5-25(6-2)21(26)16-11-9-7-8-10-13-19-14-12-15-20(17-19)22(27)24-18(3)23(28)29-4/h12,14-15,17-18H,5-11,13,16H2,1-4H3,(H,24,27)/t18-/m1/s1. The van der Waals surface area contributed by atoms with Gasteiger partial charge in [-0.15, -0.1) is 0 Å². The van der Waals surface area contributed by atoms with E-state index in [1.165, 1.54) is 7.11 Å². The molecule has 0 aliphatic carbocycles. The van der Waals surface area contributed by atoms with Crippen molar-refractivity contribution in [2.45, 2.75) is 71.8 Å². The van der Waals surface area contributed by atoms with Crippen LogP contribution in [0.4, 0.5) is 0 Å². The molecular weight excluding hydrogens is 368 g/mol. The van der Waals surface area contributed by atoms with Crippen molar-refractivity contribution in [2.75, 3.05) is 20.2 Å². The molecule has 2 amide bonds. The summed E-state index contributed by atoms with van der Waals surface area (Å²) in [5.41, 5.74) is 1.66. The molecule has 0 aromatic heterocycles. The smallest absolute Gasteiger partial charge is 0.328 e. The predicted octanol–water partition coefficient (Wildman–Crippen LogP) is 3.73. The lowest BCUT2D eigenvalue weighted by Crippen LogP contribution is -2.39. The van der Waals surface area contributed by atoms with Crippen molar-refractivity contribution < 1.29 is 19.1 Å². The van der Waals surface area contributed by atoms with Gasteiger partial charge in [-0.3, -0.25) is 9.59 Å². The molecule has 1 aromatic carbocycles. The zero-order valence-electron chi connectivity index (χ0n) is 18.3. The molecule has 0 aliphatic heterocycles. The van der Waals surface area contributed by atoms with Crippen molar-refractivity contribution >= 4 is 17.8 Å². The van der Waals surface area contributed by atoms with E-state index in [1.54, 1.807) is 13.0 Å². The molecule has 0 saturated carbocycles. The summed E-state index contributed by atoms with van der Waals surface area (Å²) in [7, 11) is 1.30. The molecule has 1 aromatic rings. The molecule has 1 rings (SSSR count). The van der Waals surface area contributed by atoms with Crippen LogP contribution in [0.1, 0.15) is 75.2 Å². The fourth-order valence-corrected chi connectivity index (χ4v) is 3.25. The highest BCUT2D eigenvalue weighted by atomic mass is 16.5. The molecule has 0 fully saturated rings. The third-order valence-corrected chi connectivity index (χ3v) is 5.06. The maximum absolute atomic E-state index is 12.3. The first-order valence-corrected chi connectivity index (χ1v) is 10.7. The third kappa shape index (κ3) is 9.11. The quantitative estimate of drug-likeness (QED) is 0.401. The lowest BCUT2D eigenvalue weighted by Gasteiger charge is -2.18. The summed E-state index contributed by atoms with van der Waals surface area (Å²) >= 11 is 0. The maximum Gasteiger partial charge on any atom is 0.328 e. The summed E-state index contributed by atoms with van der Waals surface area (Å²) in [5, 5.41) is 2.65. The van der Waals surface area contributed by atoms with E-state index in [0.29, 0.717) is 12.0 Å². The van der Waals surface area contributed by atoms with Crippen LogP contribution in [0, 0.1) is 0 Å². The number of nitrogens with one attached hydrogen (secondary N) is 1. The molecule has 6 nitrogen and oxygen atoms in total. The van der Waals surface area contributed by atoms with Crippen LogP contribution in [0.3, 0.4) is 0 Å². The van der Waals surface area contributed by atoms with Gasteiger partial charge in [0.15, 0.2) is 0 Å². The van der Waals surface area contributed by atoms with E-state index < -0.39 is 12.0 Å². The van der Waals surface area contributed by atoms with Crippen molar-refractivity contribution in [2.24, 2.45) is 0 Å². The van der Waals surface area contributed by atoms with Crippen molar-refractivity contribution in [3.8, 4) is 0 Å². The largest absolute Gasteiger partial charge is 0.467 e. The number of hydrogen-bond donors (Lipinski definition) is 1. The lowest BCUT2D eigenvalue weighted by atomic mass is 10.0. The fraction of sp³-hybridized carbons (Fsp3) is 0.609. The number of rotatable bonds is 13. The van der Waals surface area contributed by atoms with Gasteiger partial charge in [0, 0.05) is 25.1 Å². The monoisotopic (exact) mass is 404 g/mol. The zero-order chi connectivity index (χ0) is 21.6. The maximum atomic E-state index is 12.3. The number of ether oxygens (including phenoxy) is 1. The third-order valence-electron chi connectivity index (χ3n) is 5.06. The van der Waals surface area contributed by atoms with Crippen molar-refractivity contribution in [1.29, 1.82) is 0 Å². The Kier molecular flexibility index (Phi) is 11.7. The number of aryl methyl sites for hydroxylation is 1. The highest BCUT2D eigenvalue weighted by Crippen LogP contribution is 2.12. The van der Waals surface area contributed by atoms with Gasteiger partial charge in [0.05, 0.1) is 7.11 Å². The highest BCUT2D eigenvalue weighted by molar-refractivity contribution is 5.96. The van der Waals surface area contributed by atoms with Gasteiger partial charge in [-0.1, -0.05) is 31.4 Å². The minimum absolute atomic E-state index is 0.256. The van der Waals surface area contributed by atoms with Gasteiger partial charge in [-0.2, -0.15) is 0 Å². The van der Waals surface area contributed by atoms with Gasteiger partial charge >= 0.3 is 5.97 Å². The normalized spacial score (nSPS) is 11.6. The molecule has 1 N–H and O–H groups in total. The van der Waals surface area contributed by atoms with E-state index in [2.05, 4.69) is 10.1 Å². The number of methoxy groups -OCH3 is 1. The number of esters is 1. The van der Waals surface area contributed by atoms with Gasteiger partial charge in [0.1, 0.15) is 6.04 Å². The molecule has 0 aliphatic rings. The SMILES string of the molecule is CCN(CC)C(=O)CCCCCCCc1cccc(C(=O)N[C@H](C)C(=O)OC)c1. The summed E-state index contributed by atoms with van der Waals surface area (Å²) in [5.74, 6) is -0.484. The van der Waals surface area contributed by atoms with Gasteiger partial charge in [-0.25, -0.2) is 4.79 Å². The zero-order valence-corrected chi connectivity index (χ0v) is 18.3. The molecule has 29 heavy (non-hydrogen) atoms. The van der Waals surface area contributed by atoms with E-state index in [4.69, 9.17) is 0 Å². The van der Waals surface area contributed by atoms with Crippen LogP contribution >= 0.6 is 0 Å². The van der Waals surface area contributed by atoms with Crippen molar-refractivity contribution in [3.63, 3.8) is 0 Å². The Labute approximate surface area is 175 Å². The lowest BCUT2D eigenvalue weighted by molar-refractivity contribution is -0.142. The van der Waals surface area contributed by atoms with Crippen LogP contribution in [0.5, 0.6) is 0 Å². The number of nitrogens with zero attached hydrogens (tertiary/aromatic N) is 1. The number of benzene rings is 1. The second-order valence-electron chi connectivity index (χ2n) is 7.25. The average Bonchev–Trinajstić information content (AvgIpc) is 2.73. The Hall–Kier alpha value is -2.37. The first kappa shape index (κ1) is 24.7. The number of carbonyl (C=O) groups excluding carboxylic acids is 3. The predicted molar refractivity (Wildman–Crippen MR) is 115 cm³/mol. The van der Waals surface area contributed by atoms with E-state index >= 15 is 0 Å². The van der Waals surface area contributed by atoms with Crippen molar-refractivity contribution in [3.05, 3.63) is 35.4 Å². The minimum atomic E-state index is -0.676. The summed E-state index contributed by atoms with van der Waals surface area (Å²) in [6.45, 7) is 7.20. The summed E-state index contributed by atoms with van der Waals surface area (Å²) in [6.07, 6.45) is 6.84. The van der Waals surface area contributed by atoms with Crippen LogP contribution in [-0.2, 0) is 20.7 Å². The van der Waals surface area contributed by atoms with Crippen LogP contribution < -0.4 is 5.32 Å². The molecule has 0 heterocycles. The molecule has 0 unspecified atom stereocenters. The molecule has 162 valence electrons. The Morgan fingerprint density at radius 3 is 2.34 bits per heavy atom. The fourth-order valence-electron chi connectivity index (χ4n) is 3.25. The number of carbonyl (C=O) groups is 3. The Bertz CT molecular complexity index is 656. The van der Waals surface area contributed by atoms with Crippen LogP contribution in [0.15, 0.2) is 24.3 Å². The first-order valence-electron chi connectivity index (χ1n) is 10.7. The minimum Gasteiger partial charge on any atom is -0.467 e. The van der Waals surface area contributed by atoms with Crippen LogP contribution in [0.2, 0.25) is 0 Å². The van der Waals surface area contributed by atoms with E-state index in [9.17, 15) is 14.4 Å². The van der Waals surface area contributed by atoms with E-state index in [-0.39, 0.29) is 11.8 Å². The Balaban J connectivity index is 2.30. The summed E-state index contributed by atoms with van der Waals surface area (Å²) in [6, 6.07) is 6.83. The number of hydrogen-bond acceptors (Lipinski definition) is 4. The summed E-state index contributed by atoms with van der Waals surface area (Å²) in [4.78, 5) is 37.5. The molecule has 1 atom stereocenters. The molecule has 0 radical (unpaired) electrons. The molecule has 0 spiro atoms. The molecule has 0 bridgehead atoms. The van der Waals surface area contributed by atoms with Gasteiger partial charge < -0.3 is 15.0 Å². The molecule has 0 saturated heterocycles. The second kappa shape index (κ2) is 13.7. The average molecular weight is 405 g/mol. The topological polar surface area (TPSA) is 75.7 Å². The highest BCUT2D eigenvalue weighted by Gasteiger charge is 2.16. The Morgan fingerprint density at radius 2 is 1.69 bits per heavy atom. The van der Waals surface area contributed by atoms with Crippen LogP contribution in [0.25, 0.3) is 0 Å². The van der Waals surface area contributed by atoms with Gasteiger partial charge in [-0.05, 0) is 57.7 Å². The first-order chi connectivity index (χ1) is 13.9. The number of unbranched alkanes of at least 4 members (excludes halogenated alkanes) is 4.